The maximum atomic E-state index is 11.9. The molecule has 0 unspecified atom stereocenters. The number of aromatic hydroxyl groups is 1. The lowest BCUT2D eigenvalue weighted by Crippen LogP contribution is -2.17. The molecule has 2 N–H and O–H groups in total. The van der Waals surface area contributed by atoms with Crippen LogP contribution in [-0.2, 0) is 0 Å². The number of phenols is 1. The van der Waals surface area contributed by atoms with Gasteiger partial charge in [-0.05, 0) is 81.1 Å². The summed E-state index contributed by atoms with van der Waals surface area (Å²) >= 11 is 4.38. The highest BCUT2D eigenvalue weighted by atomic mass is 127. The molecule has 2 rings (SSSR count). The van der Waals surface area contributed by atoms with Crippen LogP contribution in [-0.4, -0.2) is 23.8 Å². The molecule has 24 heavy (non-hydrogen) atoms. The zero-order chi connectivity index (χ0) is 17.5. The zero-order valence-electron chi connectivity index (χ0n) is 12.5. The molecule has 0 bridgehead atoms. The number of nitrogens with zero attached hydrogens (tertiary/aromatic N) is 1. The van der Waals surface area contributed by atoms with Crippen LogP contribution >= 0.6 is 45.2 Å². The Balaban J connectivity index is 2.06. The molecule has 0 saturated heterocycles. The van der Waals surface area contributed by atoms with Gasteiger partial charge < -0.3 is 9.84 Å². The van der Waals surface area contributed by atoms with Crippen LogP contribution in [0.25, 0.3) is 0 Å². The number of benzene rings is 2. The maximum absolute atomic E-state index is 11.9. The van der Waals surface area contributed by atoms with Crippen LogP contribution in [0.5, 0.6) is 11.5 Å². The number of hydrogen-bond acceptors (Lipinski definition) is 4. The van der Waals surface area contributed by atoms with Crippen LogP contribution < -0.4 is 10.2 Å². The molecule has 0 aliphatic heterocycles. The van der Waals surface area contributed by atoms with Gasteiger partial charge in [0.25, 0.3) is 5.91 Å². The van der Waals surface area contributed by atoms with E-state index in [1.165, 1.54) is 12.1 Å². The van der Waals surface area contributed by atoms with Crippen molar-refractivity contribution < 1.29 is 14.6 Å². The molecule has 2 aromatic carbocycles. The number of hydrazone groups is 1. The number of carbonyl (C=O) groups excluding carboxylic acids is 1. The first kappa shape index (κ1) is 18.7. The third kappa shape index (κ3) is 5.20. The number of amides is 1. The Bertz CT molecular complexity index is 768. The molecule has 0 aliphatic carbocycles. The van der Waals surface area contributed by atoms with Gasteiger partial charge >= 0.3 is 0 Å². The summed E-state index contributed by atoms with van der Waals surface area (Å²) < 4.78 is 7.51. The van der Waals surface area contributed by atoms with Gasteiger partial charge in [-0.3, -0.25) is 4.79 Å². The minimum atomic E-state index is -0.391. The zero-order valence-corrected chi connectivity index (χ0v) is 16.8. The number of rotatable bonds is 6. The van der Waals surface area contributed by atoms with E-state index in [-0.39, 0.29) is 5.75 Å². The summed E-state index contributed by atoms with van der Waals surface area (Å²) in [6, 6.07) is 9.89. The molecule has 124 valence electrons. The van der Waals surface area contributed by atoms with Crippen LogP contribution in [0.1, 0.15) is 15.9 Å². The first-order chi connectivity index (χ1) is 11.5. The molecule has 1 amide bonds. The lowest BCUT2D eigenvalue weighted by Gasteiger charge is -2.09. The van der Waals surface area contributed by atoms with Crippen molar-refractivity contribution in [2.45, 2.75) is 0 Å². The summed E-state index contributed by atoms with van der Waals surface area (Å²) in [5.41, 5.74) is 3.61. The molecule has 0 heterocycles. The van der Waals surface area contributed by atoms with E-state index in [0.717, 1.165) is 18.5 Å². The third-order valence-corrected chi connectivity index (χ3v) is 4.46. The highest BCUT2D eigenvalue weighted by Gasteiger charge is 2.08. The number of phenolic OH excluding ortho intramolecular Hbond substituents is 1. The molecule has 0 radical (unpaired) electrons. The standard InChI is InChI=1S/C17H14I2N2O3/c1-2-6-24-16-14(18)7-11(8-15(16)19)10-20-21-17(23)12-4-3-5-13(22)9-12/h2-5,7-10,22H,1,6H2,(H,21,23). The van der Waals surface area contributed by atoms with Crippen molar-refractivity contribution in [2.75, 3.05) is 6.61 Å². The first-order valence-corrected chi connectivity index (χ1v) is 9.02. The summed E-state index contributed by atoms with van der Waals surface area (Å²) in [5.74, 6) is 0.445. The average Bonchev–Trinajstić information content (AvgIpc) is 2.54. The summed E-state index contributed by atoms with van der Waals surface area (Å²) in [7, 11) is 0. The van der Waals surface area contributed by atoms with E-state index in [2.05, 4.69) is 62.3 Å². The van der Waals surface area contributed by atoms with E-state index < -0.39 is 5.91 Å². The number of hydrogen-bond donors (Lipinski definition) is 2. The third-order valence-electron chi connectivity index (χ3n) is 2.85. The van der Waals surface area contributed by atoms with Crippen LogP contribution in [0, 0.1) is 7.14 Å². The second kappa shape index (κ2) is 9.02. The van der Waals surface area contributed by atoms with E-state index >= 15 is 0 Å². The fourth-order valence-electron chi connectivity index (χ4n) is 1.81. The Morgan fingerprint density at radius 2 is 2.00 bits per heavy atom. The minimum absolute atomic E-state index is 0.0332. The molecule has 0 spiro atoms. The maximum Gasteiger partial charge on any atom is 0.271 e. The van der Waals surface area contributed by atoms with E-state index in [1.54, 1.807) is 24.4 Å². The Labute approximate surface area is 167 Å². The van der Waals surface area contributed by atoms with Crippen LogP contribution in [0.3, 0.4) is 0 Å². The predicted molar refractivity (Wildman–Crippen MR) is 111 cm³/mol. The Morgan fingerprint density at radius 1 is 1.29 bits per heavy atom. The van der Waals surface area contributed by atoms with E-state index in [0.29, 0.717) is 12.2 Å². The van der Waals surface area contributed by atoms with Gasteiger partial charge in [-0.2, -0.15) is 5.10 Å². The summed E-state index contributed by atoms with van der Waals surface area (Å²) in [6.07, 6.45) is 3.25. The van der Waals surface area contributed by atoms with Gasteiger partial charge in [-0.15, -0.1) is 0 Å². The van der Waals surface area contributed by atoms with Gasteiger partial charge in [0.1, 0.15) is 18.1 Å². The van der Waals surface area contributed by atoms with Gasteiger partial charge in [0.15, 0.2) is 0 Å². The molecule has 0 aromatic heterocycles. The highest BCUT2D eigenvalue weighted by Crippen LogP contribution is 2.28. The Morgan fingerprint density at radius 3 is 2.62 bits per heavy atom. The Kier molecular flexibility index (Phi) is 7.03. The van der Waals surface area contributed by atoms with Crippen molar-refractivity contribution >= 4 is 57.3 Å². The van der Waals surface area contributed by atoms with Crippen molar-refractivity contribution in [3.8, 4) is 11.5 Å². The van der Waals surface area contributed by atoms with E-state index in [1.807, 2.05) is 12.1 Å². The van der Waals surface area contributed by atoms with Crippen molar-refractivity contribution in [3.05, 3.63) is 67.3 Å². The topological polar surface area (TPSA) is 70.9 Å². The molecular weight excluding hydrogens is 534 g/mol. The fraction of sp³-hybridized carbons (Fsp3) is 0.0588. The summed E-state index contributed by atoms with van der Waals surface area (Å²) in [5, 5.41) is 13.3. The molecule has 0 aliphatic rings. The van der Waals surface area contributed by atoms with Gasteiger partial charge in [0.05, 0.1) is 13.4 Å². The van der Waals surface area contributed by atoms with Crippen LogP contribution in [0.4, 0.5) is 0 Å². The lowest BCUT2D eigenvalue weighted by atomic mass is 10.2. The number of nitrogens with one attached hydrogen (secondary N) is 1. The van der Waals surface area contributed by atoms with E-state index in [9.17, 15) is 9.90 Å². The highest BCUT2D eigenvalue weighted by molar-refractivity contribution is 14.1. The van der Waals surface area contributed by atoms with E-state index in [4.69, 9.17) is 4.74 Å². The van der Waals surface area contributed by atoms with Crippen molar-refractivity contribution in [1.82, 2.24) is 5.43 Å². The largest absolute Gasteiger partial charge is 0.508 e. The molecule has 0 atom stereocenters. The van der Waals surface area contributed by atoms with Crippen LogP contribution in [0.15, 0.2) is 54.2 Å². The summed E-state index contributed by atoms with van der Waals surface area (Å²) in [6.45, 7) is 4.08. The van der Waals surface area contributed by atoms with Crippen molar-refractivity contribution in [3.63, 3.8) is 0 Å². The first-order valence-electron chi connectivity index (χ1n) is 6.86. The van der Waals surface area contributed by atoms with Gasteiger partial charge in [-0.1, -0.05) is 18.7 Å². The number of ether oxygens (including phenoxy) is 1. The average molecular weight is 548 g/mol. The monoisotopic (exact) mass is 548 g/mol. The van der Waals surface area contributed by atoms with Gasteiger partial charge in [0.2, 0.25) is 0 Å². The van der Waals surface area contributed by atoms with Gasteiger partial charge in [0, 0.05) is 5.56 Å². The van der Waals surface area contributed by atoms with Crippen molar-refractivity contribution in [2.24, 2.45) is 5.10 Å². The Hall–Kier alpha value is -1.62. The SMILES string of the molecule is C=CCOc1c(I)cc(C=NNC(=O)c2cccc(O)c2)cc1I. The normalized spacial score (nSPS) is 10.6. The molecular formula is C17H14I2N2O3. The van der Waals surface area contributed by atoms with Crippen LogP contribution in [0.2, 0.25) is 0 Å². The molecule has 0 saturated carbocycles. The molecule has 0 fully saturated rings. The predicted octanol–water partition coefficient (Wildman–Crippen LogP) is 3.93. The van der Waals surface area contributed by atoms with Crippen molar-refractivity contribution in [1.29, 1.82) is 0 Å². The summed E-state index contributed by atoms with van der Waals surface area (Å²) in [4.78, 5) is 11.9. The number of carbonyl (C=O) groups is 1. The fourth-order valence-corrected chi connectivity index (χ4v) is 3.94. The lowest BCUT2D eigenvalue weighted by molar-refractivity contribution is 0.0954. The molecule has 5 nitrogen and oxygen atoms in total. The molecule has 7 heteroatoms. The smallest absolute Gasteiger partial charge is 0.271 e. The number of halogens is 2. The molecule has 2 aromatic rings. The quantitative estimate of drug-likeness (QED) is 0.249. The minimum Gasteiger partial charge on any atom is -0.508 e. The van der Waals surface area contributed by atoms with Gasteiger partial charge in [-0.25, -0.2) is 5.43 Å². The second-order valence-corrected chi connectivity index (χ2v) is 6.99. The second-order valence-electron chi connectivity index (χ2n) is 4.66.